The number of halogens is 1. The third kappa shape index (κ3) is 3.40. The van der Waals surface area contributed by atoms with Gasteiger partial charge in [0.2, 0.25) is 5.82 Å². The molecule has 0 spiro atoms. The Kier molecular flexibility index (Phi) is 4.79. The lowest BCUT2D eigenvalue weighted by Gasteiger charge is -2.12. The number of rotatable bonds is 5. The van der Waals surface area contributed by atoms with E-state index in [1.165, 1.54) is 6.92 Å². The summed E-state index contributed by atoms with van der Waals surface area (Å²) in [5.41, 5.74) is 4.86. The Morgan fingerprint density at radius 3 is 2.33 bits per heavy atom. The van der Waals surface area contributed by atoms with Crippen molar-refractivity contribution >= 4 is 34.1 Å². The second kappa shape index (κ2) is 7.00. The molecule has 6 nitrogen and oxygen atoms in total. The molecule has 0 aliphatic rings. The van der Waals surface area contributed by atoms with Gasteiger partial charge >= 0.3 is 0 Å². The van der Waals surface area contributed by atoms with Crippen LogP contribution >= 0.6 is 22.6 Å². The summed E-state index contributed by atoms with van der Waals surface area (Å²) in [7, 11) is 1.61. The molecule has 1 N–H and O–H groups in total. The second-order valence-corrected chi connectivity index (χ2v) is 6.33. The van der Waals surface area contributed by atoms with E-state index in [-0.39, 0.29) is 11.6 Å². The van der Waals surface area contributed by atoms with E-state index in [0.717, 1.165) is 20.6 Å². The highest BCUT2D eigenvalue weighted by atomic mass is 127. The van der Waals surface area contributed by atoms with Crippen LogP contribution in [0, 0.1) is 3.57 Å². The number of hydrogen-bond acceptors (Lipinski definition) is 5. The molecule has 0 atom stereocenters. The molecule has 0 saturated carbocycles. The highest BCUT2D eigenvalue weighted by Gasteiger charge is 2.17. The van der Waals surface area contributed by atoms with Crippen LogP contribution in [0.25, 0.3) is 11.4 Å². The van der Waals surface area contributed by atoms with E-state index in [1.54, 1.807) is 11.8 Å². The number of benzene rings is 2. The highest BCUT2D eigenvalue weighted by molar-refractivity contribution is 14.1. The molecule has 0 saturated heterocycles. The van der Waals surface area contributed by atoms with Crippen molar-refractivity contribution in [3.05, 3.63) is 57.9 Å². The largest absolute Gasteiger partial charge is 0.497 e. The van der Waals surface area contributed by atoms with Crippen molar-refractivity contribution in [3.63, 3.8) is 0 Å². The van der Waals surface area contributed by atoms with Crippen molar-refractivity contribution in [3.8, 4) is 17.1 Å². The van der Waals surface area contributed by atoms with Gasteiger partial charge in [-0.15, -0.1) is 10.2 Å². The Bertz CT molecular complexity index is 857. The van der Waals surface area contributed by atoms with E-state index in [9.17, 15) is 4.79 Å². The third-order valence-corrected chi connectivity index (χ3v) is 4.13. The van der Waals surface area contributed by atoms with E-state index < -0.39 is 0 Å². The molecule has 122 valence electrons. The first-order valence-corrected chi connectivity index (χ1v) is 8.29. The first kappa shape index (κ1) is 16.4. The van der Waals surface area contributed by atoms with Crippen LogP contribution in [-0.2, 0) is 0 Å². The van der Waals surface area contributed by atoms with E-state index in [2.05, 4.69) is 38.2 Å². The van der Waals surface area contributed by atoms with Gasteiger partial charge in [0.25, 0.3) is 0 Å². The zero-order valence-electron chi connectivity index (χ0n) is 13.2. The fourth-order valence-corrected chi connectivity index (χ4v) is 2.56. The maximum absolute atomic E-state index is 11.9. The third-order valence-electron chi connectivity index (χ3n) is 3.41. The van der Waals surface area contributed by atoms with E-state index in [4.69, 9.17) is 4.74 Å². The molecule has 1 aromatic heterocycles. The fourth-order valence-electron chi connectivity index (χ4n) is 2.20. The smallest absolute Gasteiger partial charge is 0.219 e. The lowest BCUT2D eigenvalue weighted by Crippen LogP contribution is -2.16. The van der Waals surface area contributed by atoms with Crippen LogP contribution < -0.4 is 10.2 Å². The molecule has 0 fully saturated rings. The van der Waals surface area contributed by atoms with Crippen molar-refractivity contribution in [2.24, 2.45) is 0 Å². The summed E-state index contributed by atoms with van der Waals surface area (Å²) in [4.78, 5) is 11.9. The number of anilines is 1. The van der Waals surface area contributed by atoms with Crippen LogP contribution in [0.4, 0.5) is 5.69 Å². The number of aromatic nitrogens is 3. The first-order valence-electron chi connectivity index (χ1n) is 7.22. The second-order valence-electron chi connectivity index (χ2n) is 5.09. The Morgan fingerprint density at radius 1 is 1.08 bits per heavy atom. The number of carbonyl (C=O) groups is 1. The molecule has 2 aromatic carbocycles. The highest BCUT2D eigenvalue weighted by Crippen LogP contribution is 2.22. The Labute approximate surface area is 153 Å². The molecule has 3 aromatic rings. The molecule has 0 unspecified atom stereocenters. The summed E-state index contributed by atoms with van der Waals surface area (Å²) in [6.07, 6.45) is 0. The molecule has 0 bridgehead atoms. The van der Waals surface area contributed by atoms with E-state index in [1.807, 2.05) is 48.5 Å². The lowest BCUT2D eigenvalue weighted by atomic mass is 10.2. The van der Waals surface area contributed by atoms with Crippen molar-refractivity contribution < 1.29 is 9.53 Å². The monoisotopic (exact) mass is 434 g/mol. The standard InChI is InChI=1S/C17H15IN4O2/c1-11(23)16-19-20-17(12-3-9-15(24-2)10-4-12)22(16)21-14-7-5-13(18)6-8-14/h3-10,21H,1-2H3. The molecule has 3 rings (SSSR count). The number of nitrogens with zero attached hydrogens (tertiary/aromatic N) is 3. The van der Waals surface area contributed by atoms with Gasteiger partial charge in [-0.2, -0.15) is 0 Å². The zero-order valence-corrected chi connectivity index (χ0v) is 15.3. The fraction of sp³-hybridized carbons (Fsp3) is 0.118. The molecule has 0 aliphatic heterocycles. The van der Waals surface area contributed by atoms with Gasteiger partial charge in [0.15, 0.2) is 11.6 Å². The minimum Gasteiger partial charge on any atom is -0.497 e. The van der Waals surface area contributed by atoms with E-state index in [0.29, 0.717) is 5.82 Å². The molecular weight excluding hydrogens is 419 g/mol. The first-order chi connectivity index (χ1) is 11.6. The van der Waals surface area contributed by atoms with Gasteiger partial charge in [0.05, 0.1) is 12.8 Å². The summed E-state index contributed by atoms with van der Waals surface area (Å²) < 4.78 is 7.90. The average Bonchev–Trinajstić information content (AvgIpc) is 3.01. The number of Topliss-reactive ketones (excluding diaryl/α,β-unsaturated/α-hetero) is 1. The maximum Gasteiger partial charge on any atom is 0.219 e. The molecule has 1 heterocycles. The SMILES string of the molecule is COc1ccc(-c2nnc(C(C)=O)n2Nc2ccc(I)cc2)cc1. The van der Waals surface area contributed by atoms with Gasteiger partial charge in [-0.3, -0.25) is 10.2 Å². The van der Waals surface area contributed by atoms with Gasteiger partial charge in [0.1, 0.15) is 5.75 Å². The summed E-state index contributed by atoms with van der Waals surface area (Å²) in [5, 5.41) is 8.18. The molecule has 0 aliphatic carbocycles. The summed E-state index contributed by atoms with van der Waals surface area (Å²) >= 11 is 2.24. The molecule has 0 radical (unpaired) electrons. The summed E-state index contributed by atoms with van der Waals surface area (Å²) in [5.74, 6) is 1.39. The van der Waals surface area contributed by atoms with Crippen LogP contribution in [0.3, 0.4) is 0 Å². The molecule has 0 amide bonds. The number of methoxy groups -OCH3 is 1. The molecule has 7 heteroatoms. The number of ether oxygens (including phenoxy) is 1. The number of carbonyl (C=O) groups excluding carboxylic acids is 1. The summed E-state index contributed by atoms with van der Waals surface area (Å²) in [6.45, 7) is 1.47. The van der Waals surface area contributed by atoms with E-state index >= 15 is 0 Å². The van der Waals surface area contributed by atoms with Crippen LogP contribution in [0.5, 0.6) is 5.75 Å². The van der Waals surface area contributed by atoms with Gasteiger partial charge in [-0.1, -0.05) is 0 Å². The van der Waals surface area contributed by atoms with Crippen molar-refractivity contribution in [1.29, 1.82) is 0 Å². The van der Waals surface area contributed by atoms with Gasteiger partial charge < -0.3 is 4.74 Å². The number of nitrogens with one attached hydrogen (secondary N) is 1. The minimum atomic E-state index is -0.166. The van der Waals surface area contributed by atoms with Gasteiger partial charge in [-0.05, 0) is 71.1 Å². The van der Waals surface area contributed by atoms with Crippen molar-refractivity contribution in [2.45, 2.75) is 6.92 Å². The Hall–Kier alpha value is -2.42. The normalized spacial score (nSPS) is 10.5. The average molecular weight is 434 g/mol. The van der Waals surface area contributed by atoms with Crippen LogP contribution in [-0.4, -0.2) is 27.8 Å². The van der Waals surface area contributed by atoms with Crippen molar-refractivity contribution in [2.75, 3.05) is 12.5 Å². The van der Waals surface area contributed by atoms with Gasteiger partial charge in [0, 0.05) is 16.1 Å². The lowest BCUT2D eigenvalue weighted by molar-refractivity contribution is 0.100. The van der Waals surface area contributed by atoms with Crippen LogP contribution in [0.15, 0.2) is 48.5 Å². The summed E-state index contributed by atoms with van der Waals surface area (Å²) in [6, 6.07) is 15.3. The molecule has 24 heavy (non-hydrogen) atoms. The van der Waals surface area contributed by atoms with Crippen molar-refractivity contribution in [1.82, 2.24) is 14.9 Å². The number of ketones is 1. The number of hydrogen-bond donors (Lipinski definition) is 1. The topological polar surface area (TPSA) is 69.0 Å². The van der Waals surface area contributed by atoms with Gasteiger partial charge in [-0.25, -0.2) is 4.68 Å². The van der Waals surface area contributed by atoms with Crippen LogP contribution in [0.1, 0.15) is 17.5 Å². The predicted octanol–water partition coefficient (Wildman–Crippen LogP) is 3.64. The Balaban J connectivity index is 2.03. The quantitative estimate of drug-likeness (QED) is 0.491. The minimum absolute atomic E-state index is 0.166. The molecular formula is C17H15IN4O2. The maximum atomic E-state index is 11.9. The zero-order chi connectivity index (χ0) is 17.1. The van der Waals surface area contributed by atoms with Crippen LogP contribution in [0.2, 0.25) is 0 Å². The Morgan fingerprint density at radius 2 is 1.75 bits per heavy atom. The predicted molar refractivity (Wildman–Crippen MR) is 100 cm³/mol.